The van der Waals surface area contributed by atoms with Gasteiger partial charge in [0.15, 0.2) is 0 Å². The van der Waals surface area contributed by atoms with Crippen LogP contribution in [0.3, 0.4) is 0 Å². The summed E-state index contributed by atoms with van der Waals surface area (Å²) in [6, 6.07) is 7.80. The fraction of sp³-hybridized carbons (Fsp3) is 0.471. The molecule has 1 atom stereocenters. The molecule has 2 aromatic rings. The third-order valence-electron chi connectivity index (χ3n) is 4.32. The van der Waals surface area contributed by atoms with Gasteiger partial charge in [-0.05, 0) is 25.5 Å². The first-order valence-corrected chi connectivity index (χ1v) is 8.40. The number of carbonyl (C=O) groups is 2. The lowest BCUT2D eigenvalue weighted by Crippen LogP contribution is -2.41. The maximum Gasteiger partial charge on any atom is 0.324 e. The Morgan fingerprint density at radius 1 is 1.29 bits per heavy atom. The van der Waals surface area contributed by atoms with E-state index in [4.69, 9.17) is 0 Å². The van der Waals surface area contributed by atoms with Gasteiger partial charge in [-0.1, -0.05) is 19.1 Å². The van der Waals surface area contributed by atoms with Crippen molar-refractivity contribution >= 4 is 28.9 Å². The van der Waals surface area contributed by atoms with Crippen molar-refractivity contribution in [1.29, 1.82) is 0 Å². The lowest BCUT2D eigenvalue weighted by Gasteiger charge is -2.15. The molecule has 1 aromatic heterocycles. The highest BCUT2D eigenvalue weighted by Gasteiger charge is 2.28. The van der Waals surface area contributed by atoms with Crippen LogP contribution in [-0.2, 0) is 11.3 Å². The van der Waals surface area contributed by atoms with Gasteiger partial charge in [-0.3, -0.25) is 9.69 Å². The molecule has 0 spiro atoms. The number of nitrogens with one attached hydrogen (secondary N) is 2. The Morgan fingerprint density at radius 2 is 2.08 bits per heavy atom. The summed E-state index contributed by atoms with van der Waals surface area (Å²) < 4.78 is 2.05. The van der Waals surface area contributed by atoms with Crippen LogP contribution in [0.15, 0.2) is 24.3 Å². The Labute approximate surface area is 141 Å². The second-order valence-corrected chi connectivity index (χ2v) is 6.06. The minimum Gasteiger partial charge on any atom is -0.354 e. The van der Waals surface area contributed by atoms with Crippen LogP contribution in [0, 0.1) is 0 Å². The van der Waals surface area contributed by atoms with E-state index >= 15 is 0 Å². The Morgan fingerprint density at radius 3 is 2.88 bits per heavy atom. The number of amides is 3. The van der Waals surface area contributed by atoms with Crippen molar-refractivity contribution in [2.75, 3.05) is 18.0 Å². The standard InChI is InChI=1S/C17H23N5O2/c1-3-12(2)19-15(23)8-9-18-17(24)22-11-10-21-14-7-5-4-6-13(14)20-16(21)22/h4-7,12H,3,8-11H2,1-2H3,(H,18,24)(H,19,23). The van der Waals surface area contributed by atoms with Gasteiger partial charge in [-0.25, -0.2) is 9.78 Å². The molecule has 0 fully saturated rings. The normalized spacial score (nSPS) is 14.5. The van der Waals surface area contributed by atoms with E-state index in [9.17, 15) is 9.59 Å². The van der Waals surface area contributed by atoms with Gasteiger partial charge in [0, 0.05) is 32.1 Å². The molecule has 1 aliphatic heterocycles. The predicted molar refractivity (Wildman–Crippen MR) is 93.0 cm³/mol. The van der Waals surface area contributed by atoms with Crippen molar-refractivity contribution in [2.24, 2.45) is 0 Å². The van der Waals surface area contributed by atoms with Crippen LogP contribution in [-0.4, -0.2) is 40.6 Å². The molecular weight excluding hydrogens is 306 g/mol. The summed E-state index contributed by atoms with van der Waals surface area (Å²) in [5, 5.41) is 5.69. The maximum absolute atomic E-state index is 12.4. The molecule has 2 heterocycles. The first-order valence-electron chi connectivity index (χ1n) is 8.40. The monoisotopic (exact) mass is 329 g/mol. The summed E-state index contributed by atoms with van der Waals surface area (Å²) in [4.78, 5) is 30.3. The number of hydrogen-bond acceptors (Lipinski definition) is 3. The average Bonchev–Trinajstić information content (AvgIpc) is 3.13. The molecule has 1 aliphatic rings. The highest BCUT2D eigenvalue weighted by Crippen LogP contribution is 2.26. The highest BCUT2D eigenvalue weighted by molar-refractivity contribution is 5.94. The summed E-state index contributed by atoms with van der Waals surface area (Å²) in [6.45, 7) is 5.63. The fourth-order valence-corrected chi connectivity index (χ4v) is 2.81. The third kappa shape index (κ3) is 3.20. The molecule has 0 aliphatic carbocycles. The van der Waals surface area contributed by atoms with Gasteiger partial charge in [0.2, 0.25) is 11.9 Å². The Balaban J connectivity index is 1.57. The topological polar surface area (TPSA) is 79.3 Å². The van der Waals surface area contributed by atoms with Crippen molar-refractivity contribution in [3.05, 3.63) is 24.3 Å². The van der Waals surface area contributed by atoms with E-state index in [1.54, 1.807) is 4.90 Å². The predicted octanol–water partition coefficient (Wildman–Crippen LogP) is 1.87. The Kier molecular flexibility index (Phi) is 4.69. The summed E-state index contributed by atoms with van der Waals surface area (Å²) in [5.41, 5.74) is 1.92. The molecule has 0 saturated heterocycles. The van der Waals surface area contributed by atoms with Crippen LogP contribution in [0.25, 0.3) is 11.0 Å². The van der Waals surface area contributed by atoms with Gasteiger partial charge in [0.1, 0.15) is 0 Å². The quantitative estimate of drug-likeness (QED) is 0.879. The number of fused-ring (bicyclic) bond motifs is 3. The lowest BCUT2D eigenvalue weighted by molar-refractivity contribution is -0.121. The van der Waals surface area contributed by atoms with E-state index in [2.05, 4.69) is 15.6 Å². The second kappa shape index (κ2) is 6.90. The summed E-state index contributed by atoms with van der Waals surface area (Å²) in [6.07, 6.45) is 1.17. The van der Waals surface area contributed by atoms with Gasteiger partial charge in [0.05, 0.1) is 11.0 Å². The van der Waals surface area contributed by atoms with E-state index < -0.39 is 0 Å². The smallest absolute Gasteiger partial charge is 0.324 e. The van der Waals surface area contributed by atoms with Crippen molar-refractivity contribution in [3.63, 3.8) is 0 Å². The first-order chi connectivity index (χ1) is 11.6. The first kappa shape index (κ1) is 16.3. The van der Waals surface area contributed by atoms with Crippen LogP contribution in [0.5, 0.6) is 0 Å². The summed E-state index contributed by atoms with van der Waals surface area (Å²) in [7, 11) is 0. The zero-order valence-electron chi connectivity index (χ0n) is 14.1. The molecule has 1 unspecified atom stereocenters. The zero-order valence-corrected chi connectivity index (χ0v) is 14.1. The van der Waals surface area contributed by atoms with Gasteiger partial charge >= 0.3 is 6.03 Å². The molecule has 0 saturated carbocycles. The number of urea groups is 1. The van der Waals surface area contributed by atoms with Crippen LogP contribution in [0.1, 0.15) is 26.7 Å². The molecular formula is C17H23N5O2. The summed E-state index contributed by atoms with van der Waals surface area (Å²) >= 11 is 0. The number of benzene rings is 1. The minimum absolute atomic E-state index is 0.0432. The third-order valence-corrected chi connectivity index (χ3v) is 4.32. The number of hydrogen-bond donors (Lipinski definition) is 2. The van der Waals surface area contributed by atoms with Crippen molar-refractivity contribution in [3.8, 4) is 0 Å². The highest BCUT2D eigenvalue weighted by atomic mass is 16.2. The van der Waals surface area contributed by atoms with Crippen molar-refractivity contribution in [1.82, 2.24) is 20.2 Å². The largest absolute Gasteiger partial charge is 0.354 e. The van der Waals surface area contributed by atoms with Gasteiger partial charge in [-0.2, -0.15) is 0 Å². The number of rotatable bonds is 5. The van der Waals surface area contributed by atoms with Crippen LogP contribution in [0.2, 0.25) is 0 Å². The molecule has 7 nitrogen and oxygen atoms in total. The van der Waals surface area contributed by atoms with Crippen molar-refractivity contribution in [2.45, 2.75) is 39.3 Å². The molecule has 3 rings (SSSR count). The van der Waals surface area contributed by atoms with Crippen LogP contribution < -0.4 is 15.5 Å². The molecule has 2 N–H and O–H groups in total. The van der Waals surface area contributed by atoms with Crippen molar-refractivity contribution < 1.29 is 9.59 Å². The van der Waals surface area contributed by atoms with E-state index in [0.717, 1.165) is 24.0 Å². The lowest BCUT2D eigenvalue weighted by atomic mass is 10.2. The summed E-state index contributed by atoms with van der Waals surface area (Å²) in [5.74, 6) is 0.621. The van der Waals surface area contributed by atoms with Crippen LogP contribution >= 0.6 is 0 Å². The molecule has 0 bridgehead atoms. The van der Waals surface area contributed by atoms with Gasteiger partial charge in [0.25, 0.3) is 0 Å². The number of aromatic nitrogens is 2. The Bertz CT molecular complexity index is 755. The minimum atomic E-state index is -0.208. The van der Waals surface area contributed by atoms with Crippen LogP contribution in [0.4, 0.5) is 10.7 Å². The number of imidazole rings is 1. The molecule has 128 valence electrons. The van der Waals surface area contributed by atoms with Gasteiger partial charge in [-0.15, -0.1) is 0 Å². The number of carbonyl (C=O) groups excluding carboxylic acids is 2. The van der Waals surface area contributed by atoms with E-state index in [-0.39, 0.29) is 24.4 Å². The molecule has 1 aromatic carbocycles. The number of anilines is 1. The Hall–Kier alpha value is -2.57. The van der Waals surface area contributed by atoms with E-state index in [0.29, 0.717) is 19.0 Å². The molecule has 3 amide bonds. The number of para-hydroxylation sites is 2. The van der Waals surface area contributed by atoms with E-state index in [1.165, 1.54) is 0 Å². The second-order valence-electron chi connectivity index (χ2n) is 6.06. The molecule has 24 heavy (non-hydrogen) atoms. The average molecular weight is 329 g/mol. The molecule has 7 heteroatoms. The molecule has 0 radical (unpaired) electrons. The van der Waals surface area contributed by atoms with E-state index in [1.807, 2.05) is 42.7 Å². The maximum atomic E-state index is 12.4. The van der Waals surface area contributed by atoms with Gasteiger partial charge < -0.3 is 15.2 Å². The zero-order chi connectivity index (χ0) is 17.1. The SMILES string of the molecule is CCC(C)NC(=O)CCNC(=O)N1CCn2c1nc1ccccc12. The number of nitrogens with zero attached hydrogens (tertiary/aromatic N) is 3. The fourth-order valence-electron chi connectivity index (χ4n) is 2.81.